The topological polar surface area (TPSA) is 112 Å². The maximum absolute atomic E-state index is 10.9. The van der Waals surface area contributed by atoms with Gasteiger partial charge in [0.25, 0.3) is 0 Å². The standard InChI is InChI=1S/C8H8N4O3/c1-3-7(2)6(4-9)11-15-8(7,5-10)12(13)14/h3H2,1-2H3/t7-,8-/m1/s1. The molecule has 0 saturated carbocycles. The van der Waals surface area contributed by atoms with Crippen molar-refractivity contribution in [2.45, 2.75) is 26.0 Å². The Hall–Kier alpha value is -2.15. The number of oxime groups is 1. The molecule has 0 bridgehead atoms. The summed E-state index contributed by atoms with van der Waals surface area (Å²) in [4.78, 5) is 14.6. The highest BCUT2D eigenvalue weighted by Crippen LogP contribution is 2.43. The smallest absolute Gasteiger partial charge is 0.303 e. The molecule has 15 heavy (non-hydrogen) atoms. The first kappa shape index (κ1) is 10.9. The SMILES string of the molecule is CC[C@]1(C)C(C#N)=NO[C@@]1(C#N)[N+](=O)[O-]. The molecule has 0 saturated heterocycles. The van der Waals surface area contributed by atoms with Crippen LogP contribution in [0, 0.1) is 38.2 Å². The predicted octanol–water partition coefficient (Wildman–Crippen LogP) is 0.809. The van der Waals surface area contributed by atoms with Gasteiger partial charge in [-0.2, -0.15) is 10.5 Å². The number of rotatable bonds is 2. The van der Waals surface area contributed by atoms with Gasteiger partial charge in [0.1, 0.15) is 11.5 Å². The number of hydrogen-bond acceptors (Lipinski definition) is 6. The molecule has 0 aromatic heterocycles. The summed E-state index contributed by atoms with van der Waals surface area (Å²) in [7, 11) is 0. The molecule has 7 heteroatoms. The van der Waals surface area contributed by atoms with E-state index in [0.717, 1.165) is 0 Å². The van der Waals surface area contributed by atoms with Crippen molar-refractivity contribution in [1.29, 1.82) is 10.5 Å². The van der Waals surface area contributed by atoms with Gasteiger partial charge in [-0.25, -0.2) is 0 Å². The third kappa shape index (κ3) is 1.07. The number of nitrogens with zero attached hydrogens (tertiary/aromatic N) is 4. The molecule has 0 fully saturated rings. The van der Waals surface area contributed by atoms with Gasteiger partial charge in [0, 0.05) is 0 Å². The second-order valence-corrected chi connectivity index (χ2v) is 3.34. The first-order chi connectivity index (χ1) is 6.98. The van der Waals surface area contributed by atoms with Crippen LogP contribution < -0.4 is 0 Å². The summed E-state index contributed by atoms with van der Waals surface area (Å²) < 4.78 is 0. The molecule has 0 amide bonds. The molecule has 0 aromatic rings. The Morgan fingerprint density at radius 3 is 2.60 bits per heavy atom. The summed E-state index contributed by atoms with van der Waals surface area (Å²) in [6, 6.07) is 3.21. The van der Waals surface area contributed by atoms with E-state index in [4.69, 9.17) is 10.5 Å². The number of nitro groups is 1. The van der Waals surface area contributed by atoms with Crippen LogP contribution in [0.25, 0.3) is 0 Å². The van der Waals surface area contributed by atoms with Gasteiger partial charge in [-0.15, -0.1) is 0 Å². The van der Waals surface area contributed by atoms with E-state index in [0.29, 0.717) is 0 Å². The third-order valence-corrected chi connectivity index (χ3v) is 2.76. The van der Waals surface area contributed by atoms with Crippen molar-refractivity contribution in [2.24, 2.45) is 10.6 Å². The Balaban J connectivity index is 3.36. The third-order valence-electron chi connectivity index (χ3n) is 2.76. The largest absolute Gasteiger partial charge is 0.481 e. The lowest BCUT2D eigenvalue weighted by molar-refractivity contribution is -0.623. The minimum absolute atomic E-state index is 0.122. The average Bonchev–Trinajstić information content (AvgIpc) is 2.52. The second-order valence-electron chi connectivity index (χ2n) is 3.34. The fourth-order valence-corrected chi connectivity index (χ4v) is 1.44. The molecule has 0 aromatic carbocycles. The van der Waals surface area contributed by atoms with E-state index in [-0.39, 0.29) is 12.1 Å². The van der Waals surface area contributed by atoms with Crippen LogP contribution in [0.2, 0.25) is 0 Å². The normalized spacial score (nSPS) is 33.5. The lowest BCUT2D eigenvalue weighted by atomic mass is 9.74. The van der Waals surface area contributed by atoms with Gasteiger partial charge in [0.2, 0.25) is 0 Å². The van der Waals surface area contributed by atoms with E-state index in [9.17, 15) is 10.1 Å². The maximum atomic E-state index is 10.9. The van der Waals surface area contributed by atoms with Crippen molar-refractivity contribution >= 4 is 5.71 Å². The first-order valence-corrected chi connectivity index (χ1v) is 4.21. The van der Waals surface area contributed by atoms with Crippen LogP contribution >= 0.6 is 0 Å². The van der Waals surface area contributed by atoms with Gasteiger partial charge in [0.05, 0.1) is 4.92 Å². The van der Waals surface area contributed by atoms with E-state index < -0.39 is 16.1 Å². The molecule has 2 atom stereocenters. The van der Waals surface area contributed by atoms with Crippen molar-refractivity contribution in [3.8, 4) is 12.1 Å². The molecule has 0 spiro atoms. The van der Waals surface area contributed by atoms with Crippen molar-refractivity contribution in [1.82, 2.24) is 0 Å². The summed E-state index contributed by atoms with van der Waals surface area (Å²) in [5.41, 5.74) is -3.71. The van der Waals surface area contributed by atoms with Gasteiger partial charge in [-0.3, -0.25) is 10.1 Å². The molecule has 1 heterocycles. The van der Waals surface area contributed by atoms with Crippen molar-refractivity contribution in [3.63, 3.8) is 0 Å². The minimum atomic E-state index is -2.28. The van der Waals surface area contributed by atoms with Crippen molar-refractivity contribution in [2.75, 3.05) is 0 Å². The molecule has 1 aliphatic heterocycles. The molecule has 0 radical (unpaired) electrons. The molecule has 78 valence electrons. The summed E-state index contributed by atoms with van der Waals surface area (Å²) in [6.07, 6.45) is 0.216. The quantitative estimate of drug-likeness (QED) is 0.492. The molecule has 0 aliphatic carbocycles. The van der Waals surface area contributed by atoms with Gasteiger partial charge >= 0.3 is 5.72 Å². The Morgan fingerprint density at radius 2 is 2.27 bits per heavy atom. The Kier molecular flexibility index (Phi) is 2.34. The molecular weight excluding hydrogens is 200 g/mol. The fraction of sp³-hybridized carbons (Fsp3) is 0.625. The summed E-state index contributed by atoms with van der Waals surface area (Å²) >= 11 is 0. The molecule has 1 aliphatic rings. The zero-order valence-electron chi connectivity index (χ0n) is 8.22. The molecule has 1 rings (SSSR count). The summed E-state index contributed by atoms with van der Waals surface area (Å²) in [6.45, 7) is 3.06. The number of nitriles is 2. The van der Waals surface area contributed by atoms with E-state index in [2.05, 4.69) is 9.99 Å². The molecular formula is C8H8N4O3. The first-order valence-electron chi connectivity index (χ1n) is 4.21. The monoisotopic (exact) mass is 208 g/mol. The van der Waals surface area contributed by atoms with Crippen LogP contribution in [-0.4, -0.2) is 16.4 Å². The van der Waals surface area contributed by atoms with Crippen molar-refractivity contribution < 1.29 is 9.76 Å². The van der Waals surface area contributed by atoms with Crippen LogP contribution in [-0.2, 0) is 4.84 Å². The Morgan fingerprint density at radius 1 is 1.67 bits per heavy atom. The van der Waals surface area contributed by atoms with Gasteiger partial charge in [-0.05, 0) is 13.3 Å². The second kappa shape index (κ2) is 3.21. The molecule has 0 N–H and O–H groups in total. The fourth-order valence-electron chi connectivity index (χ4n) is 1.44. The van der Waals surface area contributed by atoms with Crippen molar-refractivity contribution in [3.05, 3.63) is 10.1 Å². The van der Waals surface area contributed by atoms with E-state index in [1.807, 2.05) is 0 Å². The van der Waals surface area contributed by atoms with Crippen LogP contribution in [0.15, 0.2) is 5.16 Å². The minimum Gasteiger partial charge on any atom is -0.303 e. The van der Waals surface area contributed by atoms with E-state index in [1.54, 1.807) is 13.0 Å². The highest BCUT2D eigenvalue weighted by atomic mass is 16.7. The summed E-state index contributed by atoms with van der Waals surface area (Å²) in [5, 5.41) is 31.8. The predicted molar refractivity (Wildman–Crippen MR) is 47.9 cm³/mol. The summed E-state index contributed by atoms with van der Waals surface area (Å²) in [5.74, 6) is 0. The lowest BCUT2D eigenvalue weighted by Gasteiger charge is -2.25. The Labute approximate surface area is 85.7 Å². The van der Waals surface area contributed by atoms with Crippen LogP contribution in [0.5, 0.6) is 0 Å². The maximum Gasteiger partial charge on any atom is 0.481 e. The Bertz CT molecular complexity index is 419. The lowest BCUT2D eigenvalue weighted by Crippen LogP contribution is -2.52. The molecule has 7 nitrogen and oxygen atoms in total. The highest BCUT2D eigenvalue weighted by molar-refractivity contribution is 6.04. The highest BCUT2D eigenvalue weighted by Gasteiger charge is 2.69. The van der Waals surface area contributed by atoms with Gasteiger partial charge in [0.15, 0.2) is 11.8 Å². The van der Waals surface area contributed by atoms with Gasteiger partial charge < -0.3 is 4.84 Å². The van der Waals surface area contributed by atoms with Gasteiger partial charge in [-0.1, -0.05) is 12.1 Å². The van der Waals surface area contributed by atoms with E-state index >= 15 is 0 Å². The zero-order chi connectivity index (χ0) is 11.7. The average molecular weight is 208 g/mol. The van der Waals surface area contributed by atoms with Crippen LogP contribution in [0.3, 0.4) is 0 Å². The van der Waals surface area contributed by atoms with Crippen LogP contribution in [0.4, 0.5) is 0 Å². The number of hydrogen-bond donors (Lipinski definition) is 0. The van der Waals surface area contributed by atoms with E-state index in [1.165, 1.54) is 13.0 Å². The van der Waals surface area contributed by atoms with Crippen LogP contribution in [0.1, 0.15) is 20.3 Å². The zero-order valence-corrected chi connectivity index (χ0v) is 8.22. The molecule has 0 unspecified atom stereocenters.